The van der Waals surface area contributed by atoms with E-state index in [4.69, 9.17) is 28.9 Å². The van der Waals surface area contributed by atoms with Gasteiger partial charge in [-0.3, -0.25) is 0 Å². The number of hydrogen-bond acceptors (Lipinski definition) is 5. The summed E-state index contributed by atoms with van der Waals surface area (Å²) in [5.41, 5.74) is 6.53. The standard InChI is InChI=1S/C14H15Cl2N5/c15-9-4-5-10(11(16)8-9)12-18-13(17)20-14(19-12)21-6-2-1-3-7-21/h4-5,8H,1-3,6-7H2,(H2,17,18,19,20). The van der Waals surface area contributed by atoms with E-state index in [0.29, 0.717) is 27.4 Å². The zero-order valence-corrected chi connectivity index (χ0v) is 12.9. The van der Waals surface area contributed by atoms with Gasteiger partial charge in [-0.15, -0.1) is 0 Å². The second kappa shape index (κ2) is 6.03. The molecule has 2 heterocycles. The number of rotatable bonds is 2. The summed E-state index contributed by atoms with van der Waals surface area (Å²) >= 11 is 12.1. The highest BCUT2D eigenvalue weighted by molar-refractivity contribution is 6.36. The Morgan fingerprint density at radius 2 is 1.76 bits per heavy atom. The molecule has 1 aliphatic heterocycles. The topological polar surface area (TPSA) is 67.9 Å². The third kappa shape index (κ3) is 3.19. The molecule has 0 saturated carbocycles. The van der Waals surface area contributed by atoms with Gasteiger partial charge in [-0.1, -0.05) is 23.2 Å². The molecule has 7 heteroatoms. The third-order valence-electron chi connectivity index (χ3n) is 3.45. The molecule has 1 saturated heterocycles. The van der Waals surface area contributed by atoms with E-state index in [0.717, 1.165) is 25.9 Å². The predicted molar refractivity (Wildman–Crippen MR) is 85.8 cm³/mol. The zero-order valence-electron chi connectivity index (χ0n) is 11.4. The van der Waals surface area contributed by atoms with Gasteiger partial charge in [0, 0.05) is 23.7 Å². The monoisotopic (exact) mass is 323 g/mol. The largest absolute Gasteiger partial charge is 0.368 e. The highest BCUT2D eigenvalue weighted by Crippen LogP contribution is 2.29. The first-order valence-corrected chi connectivity index (χ1v) is 7.61. The highest BCUT2D eigenvalue weighted by atomic mass is 35.5. The molecule has 0 bridgehead atoms. The van der Waals surface area contributed by atoms with E-state index in [1.807, 2.05) is 0 Å². The minimum Gasteiger partial charge on any atom is -0.368 e. The van der Waals surface area contributed by atoms with Crippen LogP contribution in [0.15, 0.2) is 18.2 Å². The van der Waals surface area contributed by atoms with Gasteiger partial charge in [-0.25, -0.2) is 0 Å². The first-order chi connectivity index (χ1) is 10.1. The SMILES string of the molecule is Nc1nc(-c2ccc(Cl)cc2Cl)nc(N2CCCCC2)n1. The molecule has 0 atom stereocenters. The second-order valence-electron chi connectivity index (χ2n) is 4.99. The number of piperidine rings is 1. The zero-order chi connectivity index (χ0) is 14.8. The molecule has 2 N–H and O–H groups in total. The van der Waals surface area contributed by atoms with Gasteiger partial charge in [0.2, 0.25) is 11.9 Å². The van der Waals surface area contributed by atoms with Crippen molar-refractivity contribution in [3.63, 3.8) is 0 Å². The van der Waals surface area contributed by atoms with Gasteiger partial charge in [0.1, 0.15) is 0 Å². The Morgan fingerprint density at radius 3 is 2.48 bits per heavy atom. The molecule has 0 unspecified atom stereocenters. The summed E-state index contributed by atoms with van der Waals surface area (Å²) in [6, 6.07) is 5.21. The second-order valence-corrected chi connectivity index (χ2v) is 5.83. The number of anilines is 2. The number of aromatic nitrogens is 3. The summed E-state index contributed by atoms with van der Waals surface area (Å²) in [5.74, 6) is 1.29. The Balaban J connectivity index is 2.00. The summed E-state index contributed by atoms with van der Waals surface area (Å²) in [6.45, 7) is 1.88. The lowest BCUT2D eigenvalue weighted by atomic mass is 10.1. The molecular formula is C14H15Cl2N5. The maximum absolute atomic E-state index is 6.22. The van der Waals surface area contributed by atoms with Crippen LogP contribution in [0.4, 0.5) is 11.9 Å². The minimum atomic E-state index is 0.201. The van der Waals surface area contributed by atoms with Crippen molar-refractivity contribution in [3.05, 3.63) is 28.2 Å². The summed E-state index contributed by atoms with van der Waals surface area (Å²) in [6.07, 6.45) is 3.53. The van der Waals surface area contributed by atoms with Gasteiger partial charge in [0.25, 0.3) is 0 Å². The Labute approximate surface area is 133 Å². The van der Waals surface area contributed by atoms with E-state index in [1.165, 1.54) is 6.42 Å². The van der Waals surface area contributed by atoms with Crippen LogP contribution in [0.1, 0.15) is 19.3 Å². The summed E-state index contributed by atoms with van der Waals surface area (Å²) in [7, 11) is 0. The highest BCUT2D eigenvalue weighted by Gasteiger charge is 2.17. The number of nitrogens with two attached hydrogens (primary N) is 1. The molecule has 1 aromatic carbocycles. The molecule has 3 rings (SSSR count). The van der Waals surface area contributed by atoms with Gasteiger partial charge >= 0.3 is 0 Å². The summed E-state index contributed by atoms with van der Waals surface area (Å²) in [5, 5.41) is 1.07. The Morgan fingerprint density at radius 1 is 1.00 bits per heavy atom. The van der Waals surface area contributed by atoms with Gasteiger partial charge < -0.3 is 10.6 Å². The molecule has 5 nitrogen and oxygen atoms in total. The van der Waals surface area contributed by atoms with E-state index in [2.05, 4.69) is 19.9 Å². The maximum Gasteiger partial charge on any atom is 0.230 e. The van der Waals surface area contributed by atoms with E-state index < -0.39 is 0 Å². The van der Waals surface area contributed by atoms with Crippen LogP contribution >= 0.6 is 23.2 Å². The Kier molecular flexibility index (Phi) is 4.12. The van der Waals surface area contributed by atoms with Gasteiger partial charge in [0.05, 0.1) is 5.02 Å². The fourth-order valence-corrected chi connectivity index (χ4v) is 2.90. The van der Waals surface area contributed by atoms with Crippen molar-refractivity contribution in [2.45, 2.75) is 19.3 Å². The molecule has 0 amide bonds. The van der Waals surface area contributed by atoms with E-state index >= 15 is 0 Å². The molecule has 21 heavy (non-hydrogen) atoms. The fourth-order valence-electron chi connectivity index (χ4n) is 2.41. The molecular weight excluding hydrogens is 309 g/mol. The van der Waals surface area contributed by atoms with Crippen LogP contribution in [0.25, 0.3) is 11.4 Å². The first-order valence-electron chi connectivity index (χ1n) is 6.85. The van der Waals surface area contributed by atoms with Crippen molar-refractivity contribution in [1.29, 1.82) is 0 Å². The molecule has 1 aromatic heterocycles. The van der Waals surface area contributed by atoms with Gasteiger partial charge in [0.15, 0.2) is 5.82 Å². The average Bonchev–Trinajstić information content (AvgIpc) is 2.47. The minimum absolute atomic E-state index is 0.201. The number of halogens is 2. The van der Waals surface area contributed by atoms with Crippen molar-refractivity contribution in [1.82, 2.24) is 15.0 Å². The number of hydrogen-bond donors (Lipinski definition) is 1. The quantitative estimate of drug-likeness (QED) is 0.917. The van der Waals surface area contributed by atoms with Crippen LogP contribution in [-0.2, 0) is 0 Å². The lowest BCUT2D eigenvalue weighted by molar-refractivity contribution is 0.568. The van der Waals surface area contributed by atoms with Crippen LogP contribution < -0.4 is 10.6 Å². The van der Waals surface area contributed by atoms with Crippen molar-refractivity contribution in [2.24, 2.45) is 0 Å². The lowest BCUT2D eigenvalue weighted by Crippen LogP contribution is -2.31. The normalized spacial score (nSPS) is 15.2. The van der Waals surface area contributed by atoms with Gasteiger partial charge in [-0.2, -0.15) is 15.0 Å². The predicted octanol–water partition coefficient (Wildman–Crippen LogP) is 3.42. The summed E-state index contributed by atoms with van der Waals surface area (Å²) < 4.78 is 0. The number of nitrogens with zero attached hydrogens (tertiary/aromatic N) is 4. The lowest BCUT2D eigenvalue weighted by Gasteiger charge is -2.26. The maximum atomic E-state index is 6.22. The van der Waals surface area contributed by atoms with Crippen molar-refractivity contribution < 1.29 is 0 Å². The molecule has 1 fully saturated rings. The van der Waals surface area contributed by atoms with Crippen LogP contribution in [0.3, 0.4) is 0 Å². The molecule has 0 aliphatic carbocycles. The molecule has 110 valence electrons. The molecule has 1 aliphatic rings. The fraction of sp³-hybridized carbons (Fsp3) is 0.357. The smallest absolute Gasteiger partial charge is 0.230 e. The van der Waals surface area contributed by atoms with Crippen molar-refractivity contribution in [3.8, 4) is 11.4 Å². The van der Waals surface area contributed by atoms with E-state index in [-0.39, 0.29) is 5.95 Å². The Hall–Kier alpha value is -1.59. The van der Waals surface area contributed by atoms with Crippen molar-refractivity contribution in [2.75, 3.05) is 23.7 Å². The molecule has 0 radical (unpaired) electrons. The Bertz CT molecular complexity index is 656. The van der Waals surface area contributed by atoms with E-state index in [1.54, 1.807) is 18.2 Å². The third-order valence-corrected chi connectivity index (χ3v) is 4.00. The van der Waals surface area contributed by atoms with Gasteiger partial charge in [-0.05, 0) is 37.5 Å². The van der Waals surface area contributed by atoms with Crippen LogP contribution in [0.2, 0.25) is 10.0 Å². The molecule has 2 aromatic rings. The van der Waals surface area contributed by atoms with Crippen molar-refractivity contribution >= 4 is 35.1 Å². The number of nitrogen functional groups attached to an aromatic ring is 1. The van der Waals surface area contributed by atoms with Crippen LogP contribution in [0, 0.1) is 0 Å². The number of benzene rings is 1. The van der Waals surface area contributed by atoms with E-state index in [9.17, 15) is 0 Å². The summed E-state index contributed by atoms with van der Waals surface area (Å²) in [4.78, 5) is 15.1. The molecule has 0 spiro atoms. The van der Waals surface area contributed by atoms with Crippen LogP contribution in [0.5, 0.6) is 0 Å². The average molecular weight is 324 g/mol. The first kappa shape index (κ1) is 14.4. The van der Waals surface area contributed by atoms with Crippen LogP contribution in [-0.4, -0.2) is 28.0 Å².